The third-order valence-electron chi connectivity index (χ3n) is 4.30. The number of halogens is 1. The Balaban J connectivity index is 1.60. The molecule has 1 aliphatic rings. The Morgan fingerprint density at radius 1 is 1.40 bits per heavy atom. The van der Waals surface area contributed by atoms with Crippen LogP contribution < -0.4 is 5.32 Å². The number of aryl methyl sites for hydroxylation is 1. The summed E-state index contributed by atoms with van der Waals surface area (Å²) in [6.45, 7) is 2.31. The van der Waals surface area contributed by atoms with Gasteiger partial charge in [0.05, 0.1) is 17.5 Å². The minimum Gasteiger partial charge on any atom is -0.350 e. The molecule has 1 unspecified atom stereocenters. The highest BCUT2D eigenvalue weighted by molar-refractivity contribution is 7.91. The van der Waals surface area contributed by atoms with Crippen LogP contribution in [0.25, 0.3) is 0 Å². The highest BCUT2D eigenvalue weighted by Gasteiger charge is 2.31. The van der Waals surface area contributed by atoms with Crippen LogP contribution in [-0.4, -0.2) is 42.2 Å². The van der Waals surface area contributed by atoms with Gasteiger partial charge in [-0.15, -0.1) is 0 Å². The van der Waals surface area contributed by atoms with Crippen LogP contribution in [0.4, 0.5) is 0 Å². The molecule has 134 valence electrons. The first-order valence-corrected chi connectivity index (χ1v) is 10.3. The molecule has 3 rings (SSSR count). The van der Waals surface area contributed by atoms with Crippen molar-refractivity contribution < 1.29 is 13.2 Å². The minimum atomic E-state index is -2.99. The van der Waals surface area contributed by atoms with Crippen molar-refractivity contribution in [2.45, 2.75) is 25.8 Å². The fourth-order valence-electron chi connectivity index (χ4n) is 3.04. The molecule has 0 aliphatic carbocycles. The number of sulfone groups is 1. The fraction of sp³-hybridized carbons (Fsp3) is 0.412. The first-order chi connectivity index (χ1) is 11.8. The summed E-state index contributed by atoms with van der Waals surface area (Å²) < 4.78 is 24.9. The van der Waals surface area contributed by atoms with E-state index in [1.54, 1.807) is 10.7 Å². The number of rotatable bonds is 5. The molecule has 8 heteroatoms. The number of amides is 1. The van der Waals surface area contributed by atoms with Crippen molar-refractivity contribution in [2.24, 2.45) is 0 Å². The lowest BCUT2D eigenvalue weighted by molar-refractivity contribution is 0.0948. The third-order valence-corrected chi connectivity index (χ3v) is 6.28. The summed E-state index contributed by atoms with van der Waals surface area (Å²) in [6, 6.07) is 9.02. The number of nitrogens with zero attached hydrogens (tertiary/aromatic N) is 2. The van der Waals surface area contributed by atoms with E-state index in [9.17, 15) is 13.2 Å². The summed E-state index contributed by atoms with van der Waals surface area (Å²) in [4.78, 5) is 12.3. The van der Waals surface area contributed by atoms with Crippen molar-refractivity contribution >= 4 is 27.3 Å². The van der Waals surface area contributed by atoms with Gasteiger partial charge in [-0.3, -0.25) is 9.48 Å². The van der Waals surface area contributed by atoms with Crippen molar-refractivity contribution in [2.75, 3.05) is 18.1 Å². The maximum absolute atomic E-state index is 12.3. The van der Waals surface area contributed by atoms with E-state index in [4.69, 9.17) is 11.6 Å². The predicted molar refractivity (Wildman–Crippen MR) is 96.8 cm³/mol. The van der Waals surface area contributed by atoms with Crippen LogP contribution in [-0.2, 0) is 16.3 Å². The topological polar surface area (TPSA) is 81.1 Å². The van der Waals surface area contributed by atoms with Gasteiger partial charge in [0.2, 0.25) is 0 Å². The summed E-state index contributed by atoms with van der Waals surface area (Å²) in [5, 5.41) is 7.83. The van der Waals surface area contributed by atoms with Crippen LogP contribution in [0.3, 0.4) is 0 Å². The molecule has 0 spiro atoms. The van der Waals surface area contributed by atoms with Gasteiger partial charge in [-0.05, 0) is 43.5 Å². The minimum absolute atomic E-state index is 0.0886. The van der Waals surface area contributed by atoms with Crippen molar-refractivity contribution in [3.63, 3.8) is 0 Å². The Morgan fingerprint density at radius 2 is 2.20 bits per heavy atom. The van der Waals surface area contributed by atoms with Gasteiger partial charge in [0, 0.05) is 17.3 Å². The molecule has 1 aliphatic heterocycles. The molecule has 1 amide bonds. The van der Waals surface area contributed by atoms with Crippen molar-refractivity contribution in [3.05, 3.63) is 52.3 Å². The summed E-state index contributed by atoms with van der Waals surface area (Å²) >= 11 is 5.94. The number of carbonyl (C=O) groups excluding carboxylic acids is 1. The van der Waals surface area contributed by atoms with Crippen LogP contribution in [0, 0.1) is 6.92 Å². The van der Waals surface area contributed by atoms with E-state index in [1.165, 1.54) is 0 Å². The Labute approximate surface area is 152 Å². The smallest absolute Gasteiger partial charge is 0.271 e. The molecule has 1 aromatic carbocycles. The first-order valence-electron chi connectivity index (χ1n) is 8.13. The molecule has 1 N–H and O–H groups in total. The molecule has 1 fully saturated rings. The third kappa shape index (κ3) is 4.41. The van der Waals surface area contributed by atoms with E-state index in [2.05, 4.69) is 10.4 Å². The zero-order valence-corrected chi connectivity index (χ0v) is 15.5. The lowest BCUT2D eigenvalue weighted by Gasteiger charge is -2.10. The molecule has 0 bridgehead atoms. The van der Waals surface area contributed by atoms with Crippen LogP contribution >= 0.6 is 11.6 Å². The summed E-state index contributed by atoms with van der Waals surface area (Å²) in [6.07, 6.45) is 1.22. The maximum Gasteiger partial charge on any atom is 0.271 e. The molecular formula is C17H20ClN3O3S. The van der Waals surface area contributed by atoms with Crippen LogP contribution in [0.2, 0.25) is 5.02 Å². The monoisotopic (exact) mass is 381 g/mol. The normalized spacial score (nSPS) is 19.0. The second kappa shape index (κ2) is 7.17. The number of hydrogen-bond acceptors (Lipinski definition) is 4. The van der Waals surface area contributed by atoms with E-state index in [0.29, 0.717) is 30.1 Å². The van der Waals surface area contributed by atoms with Crippen LogP contribution in [0.5, 0.6) is 0 Å². The number of carbonyl (C=O) groups is 1. The number of hydrogen-bond donors (Lipinski definition) is 1. The molecule has 0 saturated carbocycles. The first kappa shape index (κ1) is 17.9. The van der Waals surface area contributed by atoms with Gasteiger partial charge in [-0.25, -0.2) is 8.42 Å². The zero-order valence-electron chi connectivity index (χ0n) is 13.9. The average Bonchev–Trinajstić information content (AvgIpc) is 3.09. The van der Waals surface area contributed by atoms with Gasteiger partial charge in [0.1, 0.15) is 5.69 Å². The van der Waals surface area contributed by atoms with Gasteiger partial charge >= 0.3 is 0 Å². The van der Waals surface area contributed by atoms with Crippen LogP contribution in [0.15, 0.2) is 30.3 Å². The molecule has 0 radical (unpaired) electrons. The number of nitrogens with one attached hydrogen (secondary N) is 1. The van der Waals surface area contributed by atoms with E-state index >= 15 is 0 Å². The number of aromatic nitrogens is 2. The molecule has 6 nitrogen and oxygen atoms in total. The van der Waals surface area contributed by atoms with E-state index in [1.807, 2.05) is 31.2 Å². The van der Waals surface area contributed by atoms with Gasteiger partial charge < -0.3 is 5.32 Å². The quantitative estimate of drug-likeness (QED) is 0.860. The summed E-state index contributed by atoms with van der Waals surface area (Å²) in [7, 11) is -2.99. The largest absolute Gasteiger partial charge is 0.350 e. The lowest BCUT2D eigenvalue weighted by Crippen LogP contribution is -2.26. The number of benzene rings is 1. The molecule has 2 aromatic rings. The molecular weight excluding hydrogens is 362 g/mol. The molecule has 1 atom stereocenters. The van der Waals surface area contributed by atoms with Gasteiger partial charge in [0.25, 0.3) is 5.91 Å². The van der Waals surface area contributed by atoms with Gasteiger partial charge in [-0.1, -0.05) is 23.7 Å². The molecule has 1 saturated heterocycles. The summed E-state index contributed by atoms with van der Waals surface area (Å²) in [5.41, 5.74) is 2.15. The zero-order chi connectivity index (χ0) is 18.0. The van der Waals surface area contributed by atoms with Crippen molar-refractivity contribution in [1.82, 2.24) is 15.1 Å². The Hall–Kier alpha value is -1.86. The highest BCUT2D eigenvalue weighted by atomic mass is 35.5. The van der Waals surface area contributed by atoms with E-state index in [-0.39, 0.29) is 23.5 Å². The van der Waals surface area contributed by atoms with Gasteiger partial charge in [-0.2, -0.15) is 5.10 Å². The van der Waals surface area contributed by atoms with E-state index in [0.717, 1.165) is 11.3 Å². The van der Waals surface area contributed by atoms with Crippen molar-refractivity contribution in [1.29, 1.82) is 0 Å². The Kier molecular flexibility index (Phi) is 5.15. The molecule has 25 heavy (non-hydrogen) atoms. The van der Waals surface area contributed by atoms with E-state index < -0.39 is 9.84 Å². The van der Waals surface area contributed by atoms with Gasteiger partial charge in [0.15, 0.2) is 9.84 Å². The SMILES string of the molecule is Cc1cc(C(=O)NCCc2cccc(Cl)c2)nn1C1CCS(=O)(=O)C1. The fourth-order valence-corrected chi connectivity index (χ4v) is 4.94. The lowest BCUT2D eigenvalue weighted by atomic mass is 10.1. The standard InChI is InChI=1S/C17H20ClN3O3S/c1-12-9-16(20-21(12)15-6-8-25(23,24)11-15)17(22)19-7-5-13-3-2-4-14(18)10-13/h2-4,9-10,15H,5-8,11H2,1H3,(H,19,22). The Morgan fingerprint density at radius 3 is 2.88 bits per heavy atom. The summed E-state index contributed by atoms with van der Waals surface area (Å²) in [5.74, 6) is 0.00783. The van der Waals surface area contributed by atoms with Crippen molar-refractivity contribution in [3.8, 4) is 0 Å². The maximum atomic E-state index is 12.3. The highest BCUT2D eigenvalue weighted by Crippen LogP contribution is 2.24. The Bertz CT molecular complexity index is 892. The molecule has 1 aromatic heterocycles. The second-order valence-electron chi connectivity index (χ2n) is 6.31. The van der Waals surface area contributed by atoms with Crippen LogP contribution in [0.1, 0.15) is 34.2 Å². The second-order valence-corrected chi connectivity index (χ2v) is 8.97. The average molecular weight is 382 g/mol. The predicted octanol–water partition coefficient (Wildman–Crippen LogP) is 2.18. The molecule has 2 heterocycles.